The second-order valence-corrected chi connectivity index (χ2v) is 6.02. The van der Waals surface area contributed by atoms with Crippen molar-refractivity contribution >= 4 is 27.3 Å². The second-order valence-electron chi connectivity index (χ2n) is 4.21. The number of aliphatic hydroxyl groups is 1. The minimum Gasteiger partial charge on any atom is -0.387 e. The number of thiophene rings is 1. The van der Waals surface area contributed by atoms with E-state index in [9.17, 15) is 5.11 Å². The van der Waals surface area contributed by atoms with Gasteiger partial charge >= 0.3 is 0 Å². The zero-order valence-corrected chi connectivity index (χ0v) is 11.4. The van der Waals surface area contributed by atoms with E-state index in [1.54, 1.807) is 11.3 Å². The molecule has 0 spiro atoms. The van der Waals surface area contributed by atoms with E-state index in [-0.39, 0.29) is 5.41 Å². The van der Waals surface area contributed by atoms with Crippen LogP contribution in [0, 0.1) is 5.41 Å². The number of halogens is 1. The molecule has 1 aliphatic heterocycles. The highest BCUT2D eigenvalue weighted by Gasteiger charge is 2.40. The molecule has 1 fully saturated rings. The standard InChI is InChI=1S/C11H16BrNO2S/c12-8-1-6-16-9(8)10(14)11(7-13)2-4-15-5-3-11/h1,6,10,14H,2-5,7,13H2. The molecule has 2 heterocycles. The maximum atomic E-state index is 10.5. The number of aliphatic hydroxyl groups excluding tert-OH is 1. The molecule has 1 unspecified atom stereocenters. The summed E-state index contributed by atoms with van der Waals surface area (Å²) < 4.78 is 6.33. The van der Waals surface area contributed by atoms with Crippen molar-refractivity contribution in [3.63, 3.8) is 0 Å². The molecule has 1 aromatic rings. The van der Waals surface area contributed by atoms with Gasteiger partial charge in [0.05, 0.1) is 6.10 Å². The van der Waals surface area contributed by atoms with Crippen molar-refractivity contribution in [3.8, 4) is 0 Å². The third-order valence-electron chi connectivity index (χ3n) is 3.37. The van der Waals surface area contributed by atoms with E-state index in [0.717, 1.165) is 22.2 Å². The second kappa shape index (κ2) is 5.14. The zero-order valence-electron chi connectivity index (χ0n) is 8.99. The third-order valence-corrected chi connectivity index (χ3v) is 5.29. The largest absolute Gasteiger partial charge is 0.387 e. The normalized spacial score (nSPS) is 21.9. The summed E-state index contributed by atoms with van der Waals surface area (Å²) in [6.07, 6.45) is 1.17. The third kappa shape index (κ3) is 2.19. The Morgan fingerprint density at radius 1 is 1.56 bits per heavy atom. The van der Waals surface area contributed by atoms with Crippen LogP contribution < -0.4 is 5.73 Å². The lowest BCUT2D eigenvalue weighted by molar-refractivity contribution is -0.0569. The van der Waals surface area contributed by atoms with Gasteiger partial charge in [-0.1, -0.05) is 0 Å². The molecule has 16 heavy (non-hydrogen) atoms. The molecule has 0 amide bonds. The van der Waals surface area contributed by atoms with Gasteiger partial charge in [-0.25, -0.2) is 0 Å². The first-order valence-electron chi connectivity index (χ1n) is 5.38. The Labute approximate surface area is 108 Å². The lowest BCUT2D eigenvalue weighted by Gasteiger charge is -2.39. The van der Waals surface area contributed by atoms with Crippen LogP contribution in [-0.2, 0) is 4.74 Å². The first-order valence-corrected chi connectivity index (χ1v) is 7.06. The van der Waals surface area contributed by atoms with Crippen LogP contribution >= 0.6 is 27.3 Å². The Bertz CT molecular complexity index is 350. The van der Waals surface area contributed by atoms with Gasteiger partial charge in [0.25, 0.3) is 0 Å². The van der Waals surface area contributed by atoms with Crippen LogP contribution in [0.1, 0.15) is 23.8 Å². The van der Waals surface area contributed by atoms with Gasteiger partial charge in [-0.15, -0.1) is 11.3 Å². The molecule has 0 aliphatic carbocycles. The van der Waals surface area contributed by atoms with Crippen molar-refractivity contribution in [2.45, 2.75) is 18.9 Å². The number of rotatable bonds is 3. The summed E-state index contributed by atoms with van der Waals surface area (Å²) in [6.45, 7) is 1.89. The van der Waals surface area contributed by atoms with Crippen LogP contribution in [0.15, 0.2) is 15.9 Å². The van der Waals surface area contributed by atoms with Gasteiger partial charge < -0.3 is 15.6 Å². The summed E-state index contributed by atoms with van der Waals surface area (Å²) in [6, 6.07) is 1.97. The Morgan fingerprint density at radius 3 is 2.75 bits per heavy atom. The summed E-state index contributed by atoms with van der Waals surface area (Å²) in [7, 11) is 0. The van der Waals surface area contributed by atoms with Crippen molar-refractivity contribution in [1.82, 2.24) is 0 Å². The van der Waals surface area contributed by atoms with Crippen molar-refractivity contribution in [1.29, 1.82) is 0 Å². The van der Waals surface area contributed by atoms with Gasteiger partial charge in [0.1, 0.15) is 0 Å². The Hall–Kier alpha value is 0.0600. The molecule has 3 nitrogen and oxygen atoms in total. The SMILES string of the molecule is NCC1(C(O)c2sccc2Br)CCOCC1. The molecular formula is C11H16BrNO2S. The number of hydrogen-bond acceptors (Lipinski definition) is 4. The van der Waals surface area contributed by atoms with Gasteiger partial charge in [0.15, 0.2) is 0 Å². The Kier molecular flexibility index (Phi) is 4.02. The molecule has 1 aliphatic rings. The average Bonchev–Trinajstić information content (AvgIpc) is 2.75. The summed E-state index contributed by atoms with van der Waals surface area (Å²) in [5, 5.41) is 12.5. The lowest BCUT2D eigenvalue weighted by Crippen LogP contribution is -2.41. The lowest BCUT2D eigenvalue weighted by atomic mass is 9.75. The molecule has 3 N–H and O–H groups in total. The van der Waals surface area contributed by atoms with Crippen LogP contribution in [0.2, 0.25) is 0 Å². The predicted octanol–water partition coefficient (Wildman–Crippen LogP) is 2.30. The maximum Gasteiger partial charge on any atom is 0.0963 e. The van der Waals surface area contributed by atoms with Gasteiger partial charge in [0.2, 0.25) is 0 Å². The molecule has 1 atom stereocenters. The average molecular weight is 306 g/mol. The Balaban J connectivity index is 2.24. The highest BCUT2D eigenvalue weighted by Crippen LogP contribution is 2.45. The van der Waals surface area contributed by atoms with Gasteiger partial charge in [-0.2, -0.15) is 0 Å². The van der Waals surface area contributed by atoms with E-state index < -0.39 is 6.10 Å². The zero-order chi connectivity index (χ0) is 11.6. The van der Waals surface area contributed by atoms with Crippen LogP contribution in [0.4, 0.5) is 0 Å². The fraction of sp³-hybridized carbons (Fsp3) is 0.636. The van der Waals surface area contributed by atoms with Crippen molar-refractivity contribution in [3.05, 3.63) is 20.8 Å². The number of nitrogens with two attached hydrogens (primary N) is 1. The fourth-order valence-corrected chi connectivity index (χ4v) is 3.86. The van der Waals surface area contributed by atoms with E-state index in [2.05, 4.69) is 15.9 Å². The van der Waals surface area contributed by atoms with Crippen molar-refractivity contribution < 1.29 is 9.84 Å². The summed E-state index contributed by atoms with van der Waals surface area (Å²) in [4.78, 5) is 0.979. The predicted molar refractivity (Wildman–Crippen MR) is 68.5 cm³/mol. The molecule has 1 saturated heterocycles. The fourth-order valence-electron chi connectivity index (χ4n) is 2.15. The van der Waals surface area contributed by atoms with Crippen LogP contribution in [-0.4, -0.2) is 24.9 Å². The van der Waals surface area contributed by atoms with Crippen molar-refractivity contribution in [2.24, 2.45) is 11.1 Å². The first-order chi connectivity index (χ1) is 7.69. The van der Waals surface area contributed by atoms with Crippen LogP contribution in [0.3, 0.4) is 0 Å². The highest BCUT2D eigenvalue weighted by atomic mass is 79.9. The topological polar surface area (TPSA) is 55.5 Å². The first kappa shape index (κ1) is 12.5. The molecule has 2 rings (SSSR count). The highest BCUT2D eigenvalue weighted by molar-refractivity contribution is 9.10. The van der Waals surface area contributed by atoms with E-state index in [0.29, 0.717) is 19.8 Å². The Morgan fingerprint density at radius 2 is 2.25 bits per heavy atom. The minimum absolute atomic E-state index is 0.217. The maximum absolute atomic E-state index is 10.5. The number of ether oxygens (including phenoxy) is 1. The molecule has 90 valence electrons. The van der Waals surface area contributed by atoms with E-state index in [1.807, 2.05) is 11.4 Å². The molecule has 5 heteroatoms. The smallest absolute Gasteiger partial charge is 0.0963 e. The molecule has 0 aromatic carbocycles. The van der Waals surface area contributed by atoms with Crippen molar-refractivity contribution in [2.75, 3.05) is 19.8 Å². The quantitative estimate of drug-likeness (QED) is 0.901. The molecular weight excluding hydrogens is 290 g/mol. The van der Waals surface area contributed by atoms with Crippen LogP contribution in [0.25, 0.3) is 0 Å². The minimum atomic E-state index is -0.490. The van der Waals surface area contributed by atoms with Gasteiger partial charge in [-0.05, 0) is 40.2 Å². The summed E-state index contributed by atoms with van der Waals surface area (Å²) >= 11 is 5.04. The van der Waals surface area contributed by atoms with Gasteiger partial charge in [0, 0.05) is 34.5 Å². The van der Waals surface area contributed by atoms with E-state index >= 15 is 0 Å². The molecule has 0 saturated carbocycles. The number of hydrogen-bond donors (Lipinski definition) is 2. The molecule has 0 bridgehead atoms. The summed E-state index contributed by atoms with van der Waals surface area (Å²) in [5.74, 6) is 0. The molecule has 0 radical (unpaired) electrons. The summed E-state index contributed by atoms with van der Waals surface area (Å²) in [5.41, 5.74) is 5.65. The monoisotopic (exact) mass is 305 g/mol. The van der Waals surface area contributed by atoms with E-state index in [1.165, 1.54) is 0 Å². The van der Waals surface area contributed by atoms with Crippen LogP contribution in [0.5, 0.6) is 0 Å². The van der Waals surface area contributed by atoms with E-state index in [4.69, 9.17) is 10.5 Å². The van der Waals surface area contributed by atoms with Gasteiger partial charge in [-0.3, -0.25) is 0 Å². The molecule has 1 aromatic heterocycles.